The lowest BCUT2D eigenvalue weighted by Gasteiger charge is -2.12. The van der Waals surface area contributed by atoms with Crippen LogP contribution in [0.5, 0.6) is 5.75 Å². The van der Waals surface area contributed by atoms with Crippen molar-refractivity contribution in [1.82, 2.24) is 10.2 Å². The van der Waals surface area contributed by atoms with Gasteiger partial charge in [0.05, 0.1) is 22.6 Å². The maximum absolute atomic E-state index is 11.4. The van der Waals surface area contributed by atoms with Crippen LogP contribution < -0.4 is 10.1 Å². The van der Waals surface area contributed by atoms with Crippen molar-refractivity contribution in [3.05, 3.63) is 26.6 Å². The lowest BCUT2D eigenvalue weighted by atomic mass is 10.2. The second kappa shape index (κ2) is 7.11. The summed E-state index contributed by atoms with van der Waals surface area (Å²) in [6.07, 6.45) is 0. The van der Waals surface area contributed by atoms with Crippen molar-refractivity contribution in [1.29, 1.82) is 0 Å². The summed E-state index contributed by atoms with van der Waals surface area (Å²) in [6, 6.07) is 3.94. The zero-order chi connectivity index (χ0) is 13.7. The first-order valence-corrected chi connectivity index (χ1v) is 6.97. The molecule has 6 heteroatoms. The Morgan fingerprint density at radius 3 is 2.33 bits per heavy atom. The molecule has 1 rings (SSSR count). The van der Waals surface area contributed by atoms with Crippen LogP contribution in [0.15, 0.2) is 21.1 Å². The largest absolute Gasteiger partial charge is 0.494 e. The molecule has 0 aliphatic carbocycles. The highest BCUT2D eigenvalue weighted by molar-refractivity contribution is 9.11. The number of rotatable bonds is 5. The molecule has 100 valence electrons. The quantitative estimate of drug-likeness (QED) is 0.854. The fraction of sp³-hybridized carbons (Fsp3) is 0.417. The first-order chi connectivity index (χ1) is 8.45. The standard InChI is InChI=1S/C12H16Br2N2O2/c1-16(2)11(17)7-15-6-8-4-9(13)12(18-3)10(14)5-8/h4-5,15H,6-7H2,1-3H3. The van der Waals surface area contributed by atoms with E-state index in [0.29, 0.717) is 13.1 Å². The summed E-state index contributed by atoms with van der Waals surface area (Å²) in [6.45, 7) is 0.953. The van der Waals surface area contributed by atoms with E-state index in [1.165, 1.54) is 0 Å². The van der Waals surface area contributed by atoms with Crippen molar-refractivity contribution >= 4 is 37.8 Å². The minimum atomic E-state index is 0.0571. The average Bonchev–Trinajstić information content (AvgIpc) is 2.28. The van der Waals surface area contributed by atoms with Crippen molar-refractivity contribution in [2.45, 2.75) is 6.54 Å². The van der Waals surface area contributed by atoms with E-state index in [9.17, 15) is 4.79 Å². The molecule has 0 radical (unpaired) electrons. The number of benzene rings is 1. The lowest BCUT2D eigenvalue weighted by molar-refractivity contribution is -0.127. The number of carbonyl (C=O) groups excluding carboxylic acids is 1. The smallest absolute Gasteiger partial charge is 0.236 e. The van der Waals surface area contributed by atoms with Gasteiger partial charge in [-0.15, -0.1) is 0 Å². The summed E-state index contributed by atoms with van der Waals surface area (Å²) in [5.74, 6) is 0.824. The van der Waals surface area contributed by atoms with Gasteiger partial charge in [-0.05, 0) is 49.6 Å². The van der Waals surface area contributed by atoms with E-state index in [1.807, 2.05) is 12.1 Å². The van der Waals surface area contributed by atoms with E-state index in [4.69, 9.17) is 4.74 Å². The number of carbonyl (C=O) groups is 1. The highest BCUT2D eigenvalue weighted by atomic mass is 79.9. The third kappa shape index (κ3) is 4.26. The molecule has 18 heavy (non-hydrogen) atoms. The van der Waals surface area contributed by atoms with Gasteiger partial charge in [0.25, 0.3) is 0 Å². The van der Waals surface area contributed by atoms with E-state index < -0.39 is 0 Å². The second-order valence-corrected chi connectivity index (χ2v) is 5.69. The fourth-order valence-electron chi connectivity index (χ4n) is 1.38. The van der Waals surface area contributed by atoms with Crippen LogP contribution >= 0.6 is 31.9 Å². The summed E-state index contributed by atoms with van der Waals surface area (Å²) >= 11 is 6.89. The number of methoxy groups -OCH3 is 1. The van der Waals surface area contributed by atoms with Crippen LogP contribution in [0.1, 0.15) is 5.56 Å². The average molecular weight is 380 g/mol. The van der Waals surface area contributed by atoms with E-state index in [-0.39, 0.29) is 5.91 Å². The fourth-order valence-corrected chi connectivity index (χ4v) is 2.99. The highest BCUT2D eigenvalue weighted by Gasteiger charge is 2.08. The molecule has 0 saturated carbocycles. The molecule has 0 aliphatic rings. The van der Waals surface area contributed by atoms with Gasteiger partial charge < -0.3 is 15.0 Å². The van der Waals surface area contributed by atoms with E-state index >= 15 is 0 Å². The van der Waals surface area contributed by atoms with Crippen molar-refractivity contribution in [2.24, 2.45) is 0 Å². The Morgan fingerprint density at radius 2 is 1.89 bits per heavy atom. The van der Waals surface area contributed by atoms with Gasteiger partial charge in [0.2, 0.25) is 5.91 Å². The lowest BCUT2D eigenvalue weighted by Crippen LogP contribution is -2.32. The predicted octanol–water partition coefficient (Wildman–Crippen LogP) is 2.40. The molecule has 1 aromatic rings. The molecular formula is C12H16Br2N2O2. The van der Waals surface area contributed by atoms with Crippen LogP contribution in [0.3, 0.4) is 0 Å². The third-order valence-corrected chi connectivity index (χ3v) is 3.54. The van der Waals surface area contributed by atoms with Crippen LogP contribution in [0.2, 0.25) is 0 Å². The topological polar surface area (TPSA) is 41.6 Å². The Labute approximate surface area is 124 Å². The first-order valence-electron chi connectivity index (χ1n) is 5.38. The molecule has 0 spiro atoms. The van der Waals surface area contributed by atoms with E-state index in [2.05, 4.69) is 37.2 Å². The van der Waals surface area contributed by atoms with Gasteiger partial charge in [-0.2, -0.15) is 0 Å². The van der Waals surface area contributed by atoms with Gasteiger partial charge in [0.1, 0.15) is 5.75 Å². The van der Waals surface area contributed by atoms with E-state index in [0.717, 1.165) is 20.3 Å². The predicted molar refractivity (Wildman–Crippen MR) is 78.8 cm³/mol. The van der Waals surface area contributed by atoms with Gasteiger partial charge in [-0.25, -0.2) is 0 Å². The van der Waals surface area contributed by atoms with Gasteiger partial charge in [-0.1, -0.05) is 0 Å². The van der Waals surface area contributed by atoms with Crippen LogP contribution in [0.25, 0.3) is 0 Å². The number of nitrogens with zero attached hydrogens (tertiary/aromatic N) is 1. The third-order valence-electron chi connectivity index (χ3n) is 2.37. The minimum absolute atomic E-state index is 0.0571. The maximum Gasteiger partial charge on any atom is 0.236 e. The number of hydrogen-bond acceptors (Lipinski definition) is 3. The molecule has 0 saturated heterocycles. The molecule has 0 heterocycles. The second-order valence-electron chi connectivity index (χ2n) is 3.98. The van der Waals surface area contributed by atoms with Crippen LogP contribution in [-0.4, -0.2) is 38.6 Å². The summed E-state index contributed by atoms with van der Waals surface area (Å²) in [4.78, 5) is 13.0. The molecule has 4 nitrogen and oxygen atoms in total. The van der Waals surface area contributed by atoms with Crippen LogP contribution in [0, 0.1) is 0 Å². The Bertz CT molecular complexity index is 413. The maximum atomic E-state index is 11.4. The summed E-state index contributed by atoms with van der Waals surface area (Å²) in [5.41, 5.74) is 1.07. The number of hydrogen-bond donors (Lipinski definition) is 1. The van der Waals surface area contributed by atoms with Crippen LogP contribution in [0.4, 0.5) is 0 Å². The van der Waals surface area contributed by atoms with Gasteiger partial charge in [-0.3, -0.25) is 4.79 Å². The first kappa shape index (κ1) is 15.5. The molecule has 0 fully saturated rings. The molecule has 1 aromatic carbocycles. The summed E-state index contributed by atoms with van der Waals surface area (Å²) < 4.78 is 7.00. The SMILES string of the molecule is COc1c(Br)cc(CNCC(=O)N(C)C)cc1Br. The Kier molecular flexibility index (Phi) is 6.11. The van der Waals surface area contributed by atoms with Crippen molar-refractivity contribution < 1.29 is 9.53 Å². The Hall–Kier alpha value is -0.590. The number of likely N-dealkylation sites (N-methyl/N-ethyl adjacent to an activating group) is 1. The monoisotopic (exact) mass is 378 g/mol. The van der Waals surface area contributed by atoms with Crippen LogP contribution in [-0.2, 0) is 11.3 Å². The van der Waals surface area contributed by atoms with Crippen molar-refractivity contribution in [3.63, 3.8) is 0 Å². The summed E-state index contributed by atoms with van der Waals surface area (Å²) in [7, 11) is 5.10. The minimum Gasteiger partial charge on any atom is -0.494 e. The number of halogens is 2. The molecule has 0 aromatic heterocycles. The highest BCUT2D eigenvalue weighted by Crippen LogP contribution is 2.34. The van der Waals surface area contributed by atoms with Gasteiger partial charge in [0, 0.05) is 20.6 Å². The normalized spacial score (nSPS) is 10.3. The summed E-state index contributed by atoms with van der Waals surface area (Å²) in [5, 5.41) is 3.10. The molecule has 1 N–H and O–H groups in total. The molecule has 0 bridgehead atoms. The van der Waals surface area contributed by atoms with Gasteiger partial charge in [0.15, 0.2) is 0 Å². The molecular weight excluding hydrogens is 364 g/mol. The van der Waals surface area contributed by atoms with E-state index in [1.54, 1.807) is 26.1 Å². The zero-order valence-electron chi connectivity index (χ0n) is 10.6. The zero-order valence-corrected chi connectivity index (χ0v) is 13.8. The number of nitrogens with one attached hydrogen (secondary N) is 1. The Balaban J connectivity index is 2.61. The van der Waals surface area contributed by atoms with Crippen molar-refractivity contribution in [3.8, 4) is 5.75 Å². The molecule has 0 aliphatic heterocycles. The Morgan fingerprint density at radius 1 is 1.33 bits per heavy atom. The number of ether oxygens (including phenoxy) is 1. The van der Waals surface area contributed by atoms with Crippen molar-refractivity contribution in [2.75, 3.05) is 27.7 Å². The molecule has 1 amide bonds. The number of amides is 1. The van der Waals surface area contributed by atoms with Gasteiger partial charge >= 0.3 is 0 Å². The molecule has 0 atom stereocenters. The molecule has 0 unspecified atom stereocenters.